The quantitative estimate of drug-likeness (QED) is 0.870. The number of nitrogens with one attached hydrogen (secondary N) is 1. The van der Waals surface area contributed by atoms with E-state index in [0.29, 0.717) is 17.0 Å². The summed E-state index contributed by atoms with van der Waals surface area (Å²) in [5, 5.41) is 12.2. The number of amides is 1. The van der Waals surface area contributed by atoms with Crippen LogP contribution < -0.4 is 5.32 Å². The van der Waals surface area contributed by atoms with E-state index in [0.717, 1.165) is 43.9 Å². The van der Waals surface area contributed by atoms with Gasteiger partial charge < -0.3 is 15.0 Å². The molecule has 2 heterocycles. The Morgan fingerprint density at radius 2 is 1.96 bits per heavy atom. The molecule has 1 saturated carbocycles. The number of piperidine rings is 1. The van der Waals surface area contributed by atoms with Gasteiger partial charge in [0.15, 0.2) is 5.15 Å². The van der Waals surface area contributed by atoms with Crippen LogP contribution in [0.3, 0.4) is 0 Å². The van der Waals surface area contributed by atoms with Crippen LogP contribution >= 0.6 is 11.6 Å². The van der Waals surface area contributed by atoms with Gasteiger partial charge in [-0.3, -0.25) is 0 Å². The molecule has 0 spiro atoms. The molecule has 1 aliphatic carbocycles. The number of aromatic nitrogens is 2. The second-order valence-electron chi connectivity index (χ2n) is 8.03. The van der Waals surface area contributed by atoms with E-state index in [1.165, 1.54) is 12.8 Å². The fourth-order valence-corrected chi connectivity index (χ4v) is 3.22. The third-order valence-corrected chi connectivity index (χ3v) is 4.79. The number of halogens is 1. The van der Waals surface area contributed by atoms with Crippen LogP contribution in [0.4, 0.5) is 10.5 Å². The molecule has 1 N–H and O–H groups in total. The van der Waals surface area contributed by atoms with Crippen LogP contribution in [0.1, 0.15) is 58.1 Å². The number of ether oxygens (including phenoxy) is 1. The lowest BCUT2D eigenvalue weighted by molar-refractivity contribution is 0.0188. The van der Waals surface area contributed by atoms with Gasteiger partial charge in [-0.05, 0) is 52.4 Å². The molecule has 1 aromatic rings. The van der Waals surface area contributed by atoms with Crippen LogP contribution in [-0.4, -0.2) is 46.4 Å². The third-order valence-electron chi connectivity index (χ3n) is 4.60. The maximum Gasteiger partial charge on any atom is 0.410 e. The number of hydrogen-bond donors (Lipinski definition) is 1. The van der Waals surface area contributed by atoms with E-state index < -0.39 is 5.60 Å². The Hall–Kier alpha value is -1.56. The van der Waals surface area contributed by atoms with E-state index in [-0.39, 0.29) is 6.09 Å². The maximum absolute atomic E-state index is 12.1. The van der Waals surface area contributed by atoms with Crippen molar-refractivity contribution in [3.05, 3.63) is 16.9 Å². The summed E-state index contributed by atoms with van der Waals surface area (Å²) in [4.78, 5) is 13.9. The zero-order valence-electron chi connectivity index (χ0n) is 15.2. The molecule has 1 aromatic heterocycles. The maximum atomic E-state index is 12.1. The number of carbonyl (C=O) groups excluding carboxylic acids is 1. The van der Waals surface area contributed by atoms with Crippen LogP contribution in [0.15, 0.2) is 6.07 Å². The first-order valence-electron chi connectivity index (χ1n) is 9.07. The molecular weight excluding hydrogens is 340 g/mol. The highest BCUT2D eigenvalue weighted by molar-refractivity contribution is 6.29. The van der Waals surface area contributed by atoms with Crippen molar-refractivity contribution in [3.63, 3.8) is 0 Å². The smallest absolute Gasteiger partial charge is 0.410 e. The molecule has 0 unspecified atom stereocenters. The van der Waals surface area contributed by atoms with E-state index >= 15 is 0 Å². The number of hydrogen-bond acceptors (Lipinski definition) is 5. The molecule has 0 bridgehead atoms. The first kappa shape index (κ1) is 18.2. The zero-order valence-corrected chi connectivity index (χ0v) is 16.0. The number of likely N-dealkylation sites (tertiary alicyclic amines) is 1. The van der Waals surface area contributed by atoms with Crippen LogP contribution in [-0.2, 0) is 4.74 Å². The van der Waals surface area contributed by atoms with Gasteiger partial charge in [0.05, 0.1) is 11.4 Å². The minimum Gasteiger partial charge on any atom is -0.444 e. The summed E-state index contributed by atoms with van der Waals surface area (Å²) in [6, 6.07) is 1.87. The predicted octanol–water partition coefficient (Wildman–Crippen LogP) is 4.07. The molecule has 1 aliphatic heterocycles. The lowest BCUT2D eigenvalue weighted by atomic mass is 9.97. The van der Waals surface area contributed by atoms with Crippen molar-refractivity contribution in [1.82, 2.24) is 15.1 Å². The second kappa shape index (κ2) is 7.36. The van der Waals surface area contributed by atoms with Crippen molar-refractivity contribution in [2.45, 2.75) is 58.0 Å². The molecule has 0 radical (unpaired) electrons. The largest absolute Gasteiger partial charge is 0.444 e. The van der Waals surface area contributed by atoms with E-state index in [9.17, 15) is 4.79 Å². The second-order valence-corrected chi connectivity index (χ2v) is 8.42. The highest BCUT2D eigenvalue weighted by atomic mass is 35.5. The number of carbonyl (C=O) groups is 1. The standard InChI is InChI=1S/C18H27ClN4O2/c1-18(2,3)25-17(24)23-8-6-12(7-9-23)11-20-14-10-15(19)21-22-16(14)13-4-5-13/h10,12-13H,4-9,11H2,1-3H3,(H,20,21). The summed E-state index contributed by atoms with van der Waals surface area (Å²) in [7, 11) is 0. The third kappa shape index (κ3) is 5.21. The number of nitrogens with zero attached hydrogens (tertiary/aromatic N) is 3. The molecule has 25 heavy (non-hydrogen) atoms. The normalized spacial score (nSPS) is 19.0. The topological polar surface area (TPSA) is 67.3 Å². The average Bonchev–Trinajstić information content (AvgIpc) is 3.36. The average molecular weight is 367 g/mol. The Morgan fingerprint density at radius 3 is 2.56 bits per heavy atom. The Kier molecular flexibility index (Phi) is 5.37. The molecule has 7 heteroatoms. The summed E-state index contributed by atoms with van der Waals surface area (Å²) in [5.74, 6) is 1.05. The Balaban J connectivity index is 1.48. The number of rotatable bonds is 4. The van der Waals surface area contributed by atoms with Gasteiger partial charge in [-0.15, -0.1) is 5.10 Å². The Bertz CT molecular complexity index is 620. The van der Waals surface area contributed by atoms with Crippen molar-refractivity contribution in [1.29, 1.82) is 0 Å². The van der Waals surface area contributed by atoms with Gasteiger partial charge in [0, 0.05) is 31.6 Å². The zero-order chi connectivity index (χ0) is 18.0. The first-order chi connectivity index (χ1) is 11.8. The van der Waals surface area contributed by atoms with Crippen molar-refractivity contribution in [3.8, 4) is 0 Å². The van der Waals surface area contributed by atoms with E-state index in [4.69, 9.17) is 16.3 Å². The van der Waals surface area contributed by atoms with Gasteiger partial charge in [0.1, 0.15) is 5.60 Å². The monoisotopic (exact) mass is 366 g/mol. The van der Waals surface area contributed by atoms with E-state index in [2.05, 4.69) is 15.5 Å². The Labute approximate surface area is 154 Å². The molecule has 1 amide bonds. The van der Waals surface area contributed by atoms with Crippen molar-refractivity contribution in [2.24, 2.45) is 5.92 Å². The molecule has 2 aliphatic rings. The molecule has 6 nitrogen and oxygen atoms in total. The van der Waals surface area contributed by atoms with E-state index in [1.54, 1.807) is 0 Å². The van der Waals surface area contributed by atoms with Gasteiger partial charge in [-0.1, -0.05) is 11.6 Å². The first-order valence-corrected chi connectivity index (χ1v) is 9.44. The van der Waals surface area contributed by atoms with Gasteiger partial charge in [-0.2, -0.15) is 5.10 Å². The molecular formula is C18H27ClN4O2. The number of anilines is 1. The van der Waals surface area contributed by atoms with Gasteiger partial charge >= 0.3 is 6.09 Å². The van der Waals surface area contributed by atoms with Crippen molar-refractivity contribution in [2.75, 3.05) is 25.0 Å². The van der Waals surface area contributed by atoms with Crippen LogP contribution in [0.25, 0.3) is 0 Å². The molecule has 0 aromatic carbocycles. The molecule has 2 fully saturated rings. The fourth-order valence-electron chi connectivity index (χ4n) is 3.08. The van der Waals surface area contributed by atoms with Gasteiger partial charge in [-0.25, -0.2) is 4.79 Å². The molecule has 3 rings (SSSR count). The van der Waals surface area contributed by atoms with Crippen molar-refractivity contribution >= 4 is 23.4 Å². The minimum absolute atomic E-state index is 0.208. The lowest BCUT2D eigenvalue weighted by Crippen LogP contribution is -2.42. The van der Waals surface area contributed by atoms with Crippen molar-refractivity contribution < 1.29 is 9.53 Å². The van der Waals surface area contributed by atoms with Gasteiger partial charge in [0.2, 0.25) is 0 Å². The molecule has 138 valence electrons. The van der Waals surface area contributed by atoms with Crippen LogP contribution in [0.5, 0.6) is 0 Å². The fraction of sp³-hybridized carbons (Fsp3) is 0.722. The highest BCUT2D eigenvalue weighted by Gasteiger charge is 2.30. The minimum atomic E-state index is -0.442. The van der Waals surface area contributed by atoms with Gasteiger partial charge in [0.25, 0.3) is 0 Å². The lowest BCUT2D eigenvalue weighted by Gasteiger charge is -2.33. The summed E-state index contributed by atoms with van der Waals surface area (Å²) in [5.41, 5.74) is 1.61. The summed E-state index contributed by atoms with van der Waals surface area (Å²) in [6.07, 6.45) is 4.09. The summed E-state index contributed by atoms with van der Waals surface area (Å²) < 4.78 is 5.45. The highest BCUT2D eigenvalue weighted by Crippen LogP contribution is 2.42. The predicted molar refractivity (Wildman–Crippen MR) is 98.0 cm³/mol. The summed E-state index contributed by atoms with van der Waals surface area (Å²) in [6.45, 7) is 8.04. The Morgan fingerprint density at radius 1 is 1.28 bits per heavy atom. The summed E-state index contributed by atoms with van der Waals surface area (Å²) >= 11 is 6.00. The SMILES string of the molecule is CC(C)(C)OC(=O)N1CCC(CNc2cc(Cl)nnc2C2CC2)CC1. The molecule has 1 saturated heterocycles. The van der Waals surface area contributed by atoms with Crippen LogP contribution in [0, 0.1) is 5.92 Å². The molecule has 0 atom stereocenters. The van der Waals surface area contributed by atoms with Crippen LogP contribution in [0.2, 0.25) is 5.15 Å². The van der Waals surface area contributed by atoms with E-state index in [1.807, 2.05) is 31.7 Å².